The van der Waals surface area contributed by atoms with E-state index in [1.54, 1.807) is 0 Å². The van der Waals surface area contributed by atoms with Gasteiger partial charge < -0.3 is 8.83 Å². The van der Waals surface area contributed by atoms with E-state index in [1.165, 1.54) is 5.56 Å². The van der Waals surface area contributed by atoms with Crippen LogP contribution in [0.4, 0.5) is 0 Å². The lowest BCUT2D eigenvalue weighted by molar-refractivity contribution is 0.601. The third-order valence-corrected chi connectivity index (χ3v) is 11.0. The molecule has 10 rings (SSSR count). The number of nitrogens with zero attached hydrogens (tertiary/aromatic N) is 3. The number of furan rings is 2. The maximum absolute atomic E-state index is 6.74. The summed E-state index contributed by atoms with van der Waals surface area (Å²) in [6, 6.07) is 47.9. The van der Waals surface area contributed by atoms with Gasteiger partial charge in [0.1, 0.15) is 22.3 Å². The number of hydrogen-bond acceptors (Lipinski definition) is 5. The Balaban J connectivity index is 1.15. The molecule has 1 aliphatic rings. The number of aromatic nitrogens is 3. The Labute approximate surface area is 324 Å². The summed E-state index contributed by atoms with van der Waals surface area (Å²) >= 11 is 0. The Morgan fingerprint density at radius 1 is 0.643 bits per heavy atom. The molecule has 5 nitrogen and oxygen atoms in total. The fourth-order valence-electron chi connectivity index (χ4n) is 7.87. The number of allylic oxidation sites excluding steroid dienone is 7. The fraction of sp³-hybridized carbons (Fsp3) is 0.0784. The monoisotopic (exact) mass is 723 g/mol. The molecule has 5 heteroatoms. The minimum absolute atomic E-state index is 0.125. The summed E-state index contributed by atoms with van der Waals surface area (Å²) in [7, 11) is 0. The highest BCUT2D eigenvalue weighted by atomic mass is 16.3. The highest BCUT2D eigenvalue weighted by molar-refractivity contribution is 6.16. The van der Waals surface area contributed by atoms with E-state index in [9.17, 15) is 0 Å². The molecule has 0 bridgehead atoms. The van der Waals surface area contributed by atoms with Crippen LogP contribution >= 0.6 is 0 Å². The van der Waals surface area contributed by atoms with Crippen molar-refractivity contribution in [1.82, 2.24) is 15.0 Å². The van der Waals surface area contributed by atoms with Gasteiger partial charge in [0.25, 0.3) is 0 Å². The fourth-order valence-corrected chi connectivity index (χ4v) is 7.87. The zero-order valence-electron chi connectivity index (χ0n) is 31.1. The molecule has 3 aromatic heterocycles. The van der Waals surface area contributed by atoms with Crippen LogP contribution in [0.3, 0.4) is 0 Å². The Kier molecular flexibility index (Phi) is 8.14. The first-order valence-corrected chi connectivity index (χ1v) is 19.0. The van der Waals surface area contributed by atoms with E-state index >= 15 is 0 Å². The highest BCUT2D eigenvalue weighted by Gasteiger charge is 2.27. The normalized spacial score (nSPS) is 16.1. The number of fused-ring (bicyclic) bond motifs is 6. The first-order valence-electron chi connectivity index (χ1n) is 19.0. The lowest BCUT2D eigenvalue weighted by atomic mass is 9.76. The van der Waals surface area contributed by atoms with Gasteiger partial charge in [-0.1, -0.05) is 147 Å². The van der Waals surface area contributed by atoms with Gasteiger partial charge in [-0.05, 0) is 66.4 Å². The van der Waals surface area contributed by atoms with Crippen molar-refractivity contribution in [1.29, 1.82) is 0 Å². The Morgan fingerprint density at radius 2 is 1.32 bits per heavy atom. The summed E-state index contributed by atoms with van der Waals surface area (Å²) in [4.78, 5) is 15.6. The van der Waals surface area contributed by atoms with Crippen LogP contribution in [-0.4, -0.2) is 15.0 Å². The second-order valence-corrected chi connectivity index (χ2v) is 14.5. The highest BCUT2D eigenvalue weighted by Crippen LogP contribution is 2.43. The zero-order valence-corrected chi connectivity index (χ0v) is 31.1. The smallest absolute Gasteiger partial charge is 0.164 e. The van der Waals surface area contributed by atoms with Crippen molar-refractivity contribution in [2.24, 2.45) is 0 Å². The van der Waals surface area contributed by atoms with Gasteiger partial charge in [-0.2, -0.15) is 0 Å². The van der Waals surface area contributed by atoms with Crippen molar-refractivity contribution < 1.29 is 8.83 Å². The van der Waals surface area contributed by atoms with E-state index in [0.717, 1.165) is 83.7 Å². The molecule has 0 aliphatic heterocycles. The largest absolute Gasteiger partial charge is 0.456 e. The van der Waals surface area contributed by atoms with Crippen LogP contribution in [0.15, 0.2) is 179 Å². The molecule has 0 saturated heterocycles. The topological polar surface area (TPSA) is 65.0 Å². The summed E-state index contributed by atoms with van der Waals surface area (Å²) in [5.74, 6) is 1.82. The zero-order chi connectivity index (χ0) is 37.6. The average Bonchev–Trinajstić information content (AvgIpc) is 3.83. The van der Waals surface area contributed by atoms with Crippen molar-refractivity contribution >= 4 is 61.1 Å². The minimum Gasteiger partial charge on any atom is -0.456 e. The van der Waals surface area contributed by atoms with Gasteiger partial charge in [0.05, 0.1) is 0 Å². The average molecular weight is 724 g/mol. The molecule has 0 N–H and O–H groups in total. The Morgan fingerprint density at radius 3 is 2.09 bits per heavy atom. The molecule has 0 saturated carbocycles. The van der Waals surface area contributed by atoms with Gasteiger partial charge >= 0.3 is 0 Å². The van der Waals surface area contributed by atoms with E-state index < -0.39 is 0 Å². The van der Waals surface area contributed by atoms with Crippen LogP contribution in [0, 0.1) is 0 Å². The van der Waals surface area contributed by atoms with Crippen molar-refractivity contribution in [3.05, 3.63) is 193 Å². The van der Waals surface area contributed by atoms with Crippen LogP contribution < -0.4 is 0 Å². The number of para-hydroxylation sites is 2. The quantitative estimate of drug-likeness (QED) is 0.153. The number of hydrogen-bond donors (Lipinski definition) is 0. The van der Waals surface area contributed by atoms with Crippen LogP contribution in [0.5, 0.6) is 0 Å². The molecule has 0 fully saturated rings. The van der Waals surface area contributed by atoms with E-state index in [1.807, 2.05) is 61.5 Å². The summed E-state index contributed by atoms with van der Waals surface area (Å²) in [5.41, 5.74) is 10.3. The van der Waals surface area contributed by atoms with Crippen LogP contribution in [-0.2, 0) is 5.41 Å². The second kappa shape index (κ2) is 13.6. The van der Waals surface area contributed by atoms with Gasteiger partial charge in [-0.25, -0.2) is 15.0 Å². The summed E-state index contributed by atoms with van der Waals surface area (Å²) in [5, 5.41) is 4.12. The van der Waals surface area contributed by atoms with Gasteiger partial charge in [0.2, 0.25) is 0 Å². The first kappa shape index (κ1) is 33.5. The Bertz CT molecular complexity index is 3070. The molecule has 0 radical (unpaired) electrons. The molecule has 56 heavy (non-hydrogen) atoms. The molecule has 3 heterocycles. The van der Waals surface area contributed by atoms with E-state index in [0.29, 0.717) is 17.5 Å². The lowest BCUT2D eigenvalue weighted by Gasteiger charge is -2.28. The van der Waals surface area contributed by atoms with E-state index in [2.05, 4.69) is 128 Å². The summed E-state index contributed by atoms with van der Waals surface area (Å²) in [6.45, 7) is 4.30. The number of rotatable bonds is 7. The molecule has 1 atom stereocenters. The first-order chi connectivity index (χ1) is 27.5. The van der Waals surface area contributed by atoms with Crippen molar-refractivity contribution in [3.63, 3.8) is 0 Å². The third kappa shape index (κ3) is 5.85. The van der Waals surface area contributed by atoms with Gasteiger partial charge in [0, 0.05) is 49.2 Å². The van der Waals surface area contributed by atoms with Crippen LogP contribution in [0.1, 0.15) is 43.0 Å². The predicted octanol–water partition coefficient (Wildman–Crippen LogP) is 13.4. The standard InChI is InChI=1S/C51H37N3O2/c1-3-34(23-22-33-14-6-4-7-15-33)48-52-49(35-28-30-51(2,31-29-35)37-16-8-5-9-17-37)54-50(53-48)41-26-25-38(47-46(41)40-19-11-13-21-44(40)56-47)36-24-27-45-42(32-36)39-18-10-12-20-43(39)55-45/h3-30,32H,31H2,1-2H3/b23-22-,34-3+. The van der Waals surface area contributed by atoms with Gasteiger partial charge in [0.15, 0.2) is 17.5 Å². The van der Waals surface area contributed by atoms with Crippen LogP contribution in [0.25, 0.3) is 83.6 Å². The molecule has 0 spiro atoms. The molecular weight excluding hydrogens is 687 g/mol. The molecule has 9 aromatic rings. The lowest BCUT2D eigenvalue weighted by Crippen LogP contribution is -2.20. The third-order valence-electron chi connectivity index (χ3n) is 11.0. The van der Waals surface area contributed by atoms with E-state index in [4.69, 9.17) is 23.8 Å². The van der Waals surface area contributed by atoms with Gasteiger partial charge in [-0.15, -0.1) is 0 Å². The van der Waals surface area contributed by atoms with E-state index in [-0.39, 0.29) is 5.41 Å². The predicted molar refractivity (Wildman–Crippen MR) is 230 cm³/mol. The summed E-state index contributed by atoms with van der Waals surface area (Å²) in [6.07, 6.45) is 13.8. The molecule has 1 aliphatic carbocycles. The maximum Gasteiger partial charge on any atom is 0.164 e. The van der Waals surface area contributed by atoms with Crippen molar-refractivity contribution in [3.8, 4) is 22.5 Å². The van der Waals surface area contributed by atoms with Crippen molar-refractivity contribution in [2.75, 3.05) is 0 Å². The molecule has 1 unspecified atom stereocenters. The Hall–Kier alpha value is -7.11. The van der Waals surface area contributed by atoms with Crippen LogP contribution in [0.2, 0.25) is 0 Å². The van der Waals surface area contributed by atoms with Gasteiger partial charge in [-0.3, -0.25) is 0 Å². The number of benzene rings is 6. The second-order valence-electron chi connectivity index (χ2n) is 14.5. The summed E-state index contributed by atoms with van der Waals surface area (Å²) < 4.78 is 12.9. The van der Waals surface area contributed by atoms with Crippen molar-refractivity contribution in [2.45, 2.75) is 25.7 Å². The molecule has 268 valence electrons. The molecular formula is C51H37N3O2. The maximum atomic E-state index is 6.74. The molecule has 0 amide bonds. The minimum atomic E-state index is -0.125. The molecule has 6 aromatic carbocycles. The SMILES string of the molecule is C/C=C(\C=C/c1ccccc1)c1nc(C2=CCC(C)(c3ccccc3)C=C2)nc(-c2ccc(-c3ccc4oc5ccccc5c4c3)c3oc4ccccc4c23)n1.